The van der Waals surface area contributed by atoms with Crippen molar-refractivity contribution in [1.82, 2.24) is 19.4 Å². The number of carbonyl (C=O) groups is 1. The fraction of sp³-hybridized carbons (Fsp3) is 0.409. The summed E-state index contributed by atoms with van der Waals surface area (Å²) >= 11 is 0. The molecular weight excluding hydrogens is 501 g/mol. The van der Waals surface area contributed by atoms with E-state index in [1.54, 1.807) is 0 Å². The van der Waals surface area contributed by atoms with E-state index in [0.29, 0.717) is 4.57 Å². The van der Waals surface area contributed by atoms with Gasteiger partial charge in [-0.1, -0.05) is 6.07 Å². The number of rotatable bonds is 5. The first-order valence-electron chi connectivity index (χ1n) is 10.5. The number of hydrogen-bond donors (Lipinski definition) is 0. The minimum atomic E-state index is -5.00. The van der Waals surface area contributed by atoms with Crippen LogP contribution in [-0.2, 0) is 17.5 Å². The average molecular weight is 520 g/mol. The van der Waals surface area contributed by atoms with Crippen molar-refractivity contribution in [2.45, 2.75) is 25.1 Å². The number of imidazole rings is 1. The fourth-order valence-electron chi connectivity index (χ4n) is 3.96. The first-order chi connectivity index (χ1) is 16.9. The summed E-state index contributed by atoms with van der Waals surface area (Å²) < 4.78 is 105. The van der Waals surface area contributed by atoms with Crippen molar-refractivity contribution in [2.75, 3.05) is 33.4 Å². The Hall–Kier alpha value is -3.42. The number of nitrogens with zero attached hydrogens (tertiary/aromatic N) is 4. The van der Waals surface area contributed by atoms with E-state index in [9.17, 15) is 35.5 Å². The Morgan fingerprint density at radius 2 is 2.00 bits per heavy atom. The van der Waals surface area contributed by atoms with E-state index in [1.165, 1.54) is 25.3 Å². The number of hydrogen-bond acceptors (Lipinski definition) is 5. The summed E-state index contributed by atoms with van der Waals surface area (Å²) in [7, 11) is 1.23. The van der Waals surface area contributed by atoms with Gasteiger partial charge in [0.1, 0.15) is 17.9 Å². The minimum Gasteiger partial charge on any atom is -0.496 e. The molecule has 0 unspecified atom stereocenters. The summed E-state index contributed by atoms with van der Waals surface area (Å²) in [6.45, 7) is -3.08. The van der Waals surface area contributed by atoms with Gasteiger partial charge < -0.3 is 18.9 Å². The summed E-state index contributed by atoms with van der Waals surface area (Å²) in [5, 5.41) is 0. The number of fused-ring (bicyclic) bond motifs is 1. The van der Waals surface area contributed by atoms with E-state index >= 15 is 0 Å². The first-order valence-corrected chi connectivity index (χ1v) is 10.5. The predicted octanol–water partition coefficient (Wildman–Crippen LogP) is 4.50. The fourth-order valence-corrected chi connectivity index (χ4v) is 3.96. The van der Waals surface area contributed by atoms with Gasteiger partial charge in [0.15, 0.2) is 0 Å². The van der Waals surface area contributed by atoms with Gasteiger partial charge in [-0.3, -0.25) is 9.78 Å². The highest BCUT2D eigenvalue weighted by atomic mass is 19.4. The van der Waals surface area contributed by atoms with Gasteiger partial charge in [0, 0.05) is 18.3 Å². The van der Waals surface area contributed by atoms with Crippen LogP contribution in [0.1, 0.15) is 16.2 Å². The van der Waals surface area contributed by atoms with Crippen molar-refractivity contribution in [2.24, 2.45) is 0 Å². The molecule has 2 aromatic heterocycles. The van der Waals surface area contributed by atoms with E-state index in [1.807, 2.05) is 0 Å². The number of pyridine rings is 1. The summed E-state index contributed by atoms with van der Waals surface area (Å²) in [5.41, 5.74) is -0.452. The van der Waals surface area contributed by atoms with Crippen LogP contribution < -0.4 is 4.74 Å². The standard InChI is InChI=1S/C22H19F7N4O3/c1-35-15-8-12(2-3-13(15)19(34)32-6-7-36-11-21(25,26)10-32)17-18-14(4-5-30-17)33(9-16(23)24)20(31-18)22(27,28)29/h2-5,8,16H,6-7,9-11H2,1H3. The van der Waals surface area contributed by atoms with Crippen LogP contribution >= 0.6 is 0 Å². The first kappa shape index (κ1) is 25.7. The normalized spacial score (nSPS) is 16.4. The van der Waals surface area contributed by atoms with Crippen LogP contribution in [0.5, 0.6) is 5.75 Å². The smallest absolute Gasteiger partial charge is 0.449 e. The lowest BCUT2D eigenvalue weighted by molar-refractivity contribution is -0.147. The number of carbonyl (C=O) groups excluding carboxylic acids is 1. The second kappa shape index (κ2) is 9.56. The topological polar surface area (TPSA) is 69.5 Å². The van der Waals surface area contributed by atoms with Crippen LogP contribution in [-0.4, -0.2) is 71.1 Å². The van der Waals surface area contributed by atoms with Gasteiger partial charge in [0.25, 0.3) is 18.3 Å². The molecule has 0 aliphatic carbocycles. The monoisotopic (exact) mass is 520 g/mol. The number of amides is 1. The van der Waals surface area contributed by atoms with Crippen LogP contribution in [0.4, 0.5) is 30.7 Å². The number of ether oxygens (including phenoxy) is 2. The molecule has 194 valence electrons. The molecular formula is C22H19F7N4O3. The van der Waals surface area contributed by atoms with E-state index in [0.717, 1.165) is 17.2 Å². The average Bonchev–Trinajstić information content (AvgIpc) is 3.08. The quantitative estimate of drug-likeness (QED) is 0.464. The van der Waals surface area contributed by atoms with Crippen LogP contribution in [0, 0.1) is 0 Å². The molecule has 4 rings (SSSR count). The third kappa shape index (κ3) is 5.08. The highest BCUT2D eigenvalue weighted by Gasteiger charge is 2.39. The summed E-state index contributed by atoms with van der Waals surface area (Å²) in [4.78, 5) is 21.5. The Morgan fingerprint density at radius 3 is 2.67 bits per heavy atom. The van der Waals surface area contributed by atoms with Crippen LogP contribution in [0.3, 0.4) is 0 Å². The number of aromatic nitrogens is 3. The molecule has 3 heterocycles. The van der Waals surface area contributed by atoms with Crippen molar-refractivity contribution in [3.8, 4) is 17.0 Å². The lowest BCUT2D eigenvalue weighted by Gasteiger charge is -2.24. The third-order valence-corrected chi connectivity index (χ3v) is 5.47. The van der Waals surface area contributed by atoms with Gasteiger partial charge in [0.05, 0.1) is 43.6 Å². The Morgan fingerprint density at radius 1 is 1.25 bits per heavy atom. The molecule has 7 nitrogen and oxygen atoms in total. The molecule has 14 heteroatoms. The zero-order valence-electron chi connectivity index (χ0n) is 18.7. The molecule has 1 aromatic carbocycles. The van der Waals surface area contributed by atoms with Crippen molar-refractivity contribution >= 4 is 16.9 Å². The van der Waals surface area contributed by atoms with Crippen LogP contribution in [0.25, 0.3) is 22.3 Å². The van der Waals surface area contributed by atoms with E-state index in [-0.39, 0.29) is 46.8 Å². The Balaban J connectivity index is 1.77. The summed E-state index contributed by atoms with van der Waals surface area (Å²) in [6.07, 6.45) is -6.92. The second-order valence-corrected chi connectivity index (χ2v) is 8.01. The SMILES string of the molecule is COc1cc(-c2nccc3c2nc(C(F)(F)F)n3CC(F)F)ccc1C(=O)N1CCOCC(F)(F)C1. The zero-order chi connectivity index (χ0) is 26.3. The van der Waals surface area contributed by atoms with Gasteiger partial charge in [-0.25, -0.2) is 22.5 Å². The molecule has 0 bridgehead atoms. The minimum absolute atomic E-state index is 0.0483. The third-order valence-electron chi connectivity index (χ3n) is 5.47. The van der Waals surface area contributed by atoms with Gasteiger partial charge >= 0.3 is 6.18 Å². The molecule has 0 atom stereocenters. The van der Waals surface area contributed by atoms with E-state index in [2.05, 4.69) is 9.97 Å². The Kier molecular flexibility index (Phi) is 6.82. The molecule has 1 aliphatic rings. The Bertz CT molecular complexity index is 1280. The maximum Gasteiger partial charge on any atom is 0.449 e. The van der Waals surface area contributed by atoms with Gasteiger partial charge in [-0.2, -0.15) is 13.2 Å². The van der Waals surface area contributed by atoms with Gasteiger partial charge in [0.2, 0.25) is 5.82 Å². The maximum absolute atomic E-state index is 13.9. The van der Waals surface area contributed by atoms with Crippen LogP contribution in [0.2, 0.25) is 0 Å². The molecule has 0 radical (unpaired) electrons. The van der Waals surface area contributed by atoms with Crippen molar-refractivity contribution in [3.05, 3.63) is 41.9 Å². The van der Waals surface area contributed by atoms with Crippen molar-refractivity contribution in [1.29, 1.82) is 0 Å². The number of methoxy groups -OCH3 is 1. The molecule has 0 N–H and O–H groups in total. The highest BCUT2D eigenvalue weighted by Crippen LogP contribution is 2.36. The second-order valence-electron chi connectivity index (χ2n) is 8.01. The number of halogens is 7. The van der Waals surface area contributed by atoms with Crippen molar-refractivity contribution in [3.63, 3.8) is 0 Å². The number of benzene rings is 1. The van der Waals surface area contributed by atoms with E-state index in [4.69, 9.17) is 9.47 Å². The molecule has 36 heavy (non-hydrogen) atoms. The molecule has 1 aliphatic heterocycles. The summed E-state index contributed by atoms with van der Waals surface area (Å²) in [6, 6.07) is 5.03. The van der Waals surface area contributed by atoms with E-state index < -0.39 is 50.0 Å². The highest BCUT2D eigenvalue weighted by molar-refractivity contribution is 5.98. The molecule has 3 aromatic rings. The number of alkyl halides is 7. The Labute approximate surface area is 199 Å². The maximum atomic E-state index is 13.9. The zero-order valence-corrected chi connectivity index (χ0v) is 18.7. The molecule has 0 spiro atoms. The molecule has 1 amide bonds. The van der Waals surface area contributed by atoms with Gasteiger partial charge in [-0.05, 0) is 18.2 Å². The van der Waals surface area contributed by atoms with Crippen LogP contribution in [0.15, 0.2) is 30.5 Å². The lowest BCUT2D eigenvalue weighted by Crippen LogP contribution is -2.41. The largest absolute Gasteiger partial charge is 0.496 e. The van der Waals surface area contributed by atoms with Crippen molar-refractivity contribution < 1.29 is 45.0 Å². The molecule has 0 saturated carbocycles. The summed E-state index contributed by atoms with van der Waals surface area (Å²) in [5.74, 6) is -5.55. The predicted molar refractivity (Wildman–Crippen MR) is 112 cm³/mol. The molecule has 1 saturated heterocycles. The lowest BCUT2D eigenvalue weighted by atomic mass is 10.0. The van der Waals surface area contributed by atoms with Gasteiger partial charge in [-0.15, -0.1) is 0 Å². The molecule has 1 fully saturated rings.